The average molecular weight is 414 g/mol. The van der Waals surface area contributed by atoms with Crippen LogP contribution in [0.5, 0.6) is 0 Å². The van der Waals surface area contributed by atoms with Crippen molar-refractivity contribution in [3.05, 3.63) is 62.2 Å². The Morgan fingerprint density at radius 3 is 2.83 bits per heavy atom. The second-order valence-corrected chi connectivity index (χ2v) is 7.85. The first kappa shape index (κ1) is 18.2. The van der Waals surface area contributed by atoms with E-state index in [4.69, 9.17) is 11.6 Å². The molecular weight excluding hydrogens is 396 g/mol. The van der Waals surface area contributed by atoms with Crippen LogP contribution >= 0.6 is 38.9 Å². The van der Waals surface area contributed by atoms with Crippen molar-refractivity contribution >= 4 is 50.5 Å². The summed E-state index contributed by atoms with van der Waals surface area (Å²) in [5.41, 5.74) is 1.91. The molecule has 1 N–H and O–H groups in total. The molecule has 1 amide bonds. The zero-order valence-corrected chi connectivity index (χ0v) is 16.0. The molecule has 1 aromatic carbocycles. The highest BCUT2D eigenvalue weighted by molar-refractivity contribution is 9.10. The largest absolute Gasteiger partial charge is 0.324 e. The molecule has 1 heterocycles. The van der Waals surface area contributed by atoms with Crippen molar-refractivity contribution in [1.82, 2.24) is 4.90 Å². The lowest BCUT2D eigenvalue weighted by Crippen LogP contribution is -2.32. The molecule has 0 saturated carbocycles. The van der Waals surface area contributed by atoms with E-state index in [-0.39, 0.29) is 5.91 Å². The maximum atomic E-state index is 12.3. The van der Waals surface area contributed by atoms with Gasteiger partial charge in [0.25, 0.3) is 0 Å². The molecule has 0 spiro atoms. The van der Waals surface area contributed by atoms with Crippen molar-refractivity contribution in [2.45, 2.75) is 13.5 Å². The van der Waals surface area contributed by atoms with E-state index in [9.17, 15) is 4.79 Å². The van der Waals surface area contributed by atoms with Crippen LogP contribution in [0.2, 0.25) is 4.34 Å². The van der Waals surface area contributed by atoms with E-state index in [1.165, 1.54) is 11.3 Å². The number of anilines is 1. The maximum absolute atomic E-state index is 12.3. The van der Waals surface area contributed by atoms with Crippen LogP contribution in [0.1, 0.15) is 10.4 Å². The fraction of sp³-hybridized carbons (Fsp3) is 0.235. The number of nitrogens with zero attached hydrogens (tertiary/aromatic N) is 1. The van der Waals surface area contributed by atoms with Gasteiger partial charge in [-0.05, 0) is 52.7 Å². The Morgan fingerprint density at radius 2 is 2.22 bits per heavy atom. The summed E-state index contributed by atoms with van der Waals surface area (Å²) in [6.07, 6.45) is 1.80. The molecule has 0 saturated heterocycles. The lowest BCUT2D eigenvalue weighted by molar-refractivity contribution is -0.117. The summed E-state index contributed by atoms with van der Waals surface area (Å²) in [6.45, 7) is 7.37. The fourth-order valence-electron chi connectivity index (χ4n) is 2.14. The number of hydrogen-bond acceptors (Lipinski definition) is 3. The quantitative estimate of drug-likeness (QED) is 0.641. The molecule has 0 fully saturated rings. The lowest BCUT2D eigenvalue weighted by atomic mass is 10.2. The van der Waals surface area contributed by atoms with Crippen molar-refractivity contribution in [3.63, 3.8) is 0 Å². The van der Waals surface area contributed by atoms with E-state index in [1.54, 1.807) is 6.08 Å². The second kappa shape index (κ2) is 8.64. The van der Waals surface area contributed by atoms with E-state index in [0.29, 0.717) is 19.6 Å². The van der Waals surface area contributed by atoms with Crippen LogP contribution in [0, 0.1) is 6.92 Å². The number of rotatable bonds is 7. The van der Waals surface area contributed by atoms with E-state index in [1.807, 2.05) is 42.2 Å². The van der Waals surface area contributed by atoms with Gasteiger partial charge in [0.05, 0.1) is 16.6 Å². The third kappa shape index (κ3) is 5.77. The summed E-state index contributed by atoms with van der Waals surface area (Å²) in [4.78, 5) is 15.4. The predicted molar refractivity (Wildman–Crippen MR) is 102 cm³/mol. The third-order valence-electron chi connectivity index (χ3n) is 3.16. The van der Waals surface area contributed by atoms with Crippen molar-refractivity contribution < 1.29 is 4.79 Å². The summed E-state index contributed by atoms with van der Waals surface area (Å²) in [5.74, 6) is -0.0564. The van der Waals surface area contributed by atoms with E-state index in [0.717, 1.165) is 24.9 Å². The number of thiophene rings is 1. The van der Waals surface area contributed by atoms with Gasteiger partial charge in [0.2, 0.25) is 5.91 Å². The van der Waals surface area contributed by atoms with Gasteiger partial charge in [-0.1, -0.05) is 23.7 Å². The number of aryl methyl sites for hydroxylation is 1. The monoisotopic (exact) mass is 412 g/mol. The minimum absolute atomic E-state index is 0.0564. The third-order valence-corrected chi connectivity index (χ3v) is 5.03. The van der Waals surface area contributed by atoms with Crippen molar-refractivity contribution in [2.24, 2.45) is 0 Å². The van der Waals surface area contributed by atoms with Gasteiger partial charge >= 0.3 is 0 Å². The summed E-state index contributed by atoms with van der Waals surface area (Å²) in [5, 5.41) is 2.93. The van der Waals surface area contributed by atoms with Crippen LogP contribution in [0.3, 0.4) is 0 Å². The minimum Gasteiger partial charge on any atom is -0.324 e. The van der Waals surface area contributed by atoms with Crippen molar-refractivity contribution in [2.75, 3.05) is 18.4 Å². The summed E-state index contributed by atoms with van der Waals surface area (Å²) < 4.78 is 1.64. The molecule has 122 valence electrons. The minimum atomic E-state index is -0.0564. The van der Waals surface area contributed by atoms with Crippen molar-refractivity contribution in [3.8, 4) is 0 Å². The number of hydrogen-bond donors (Lipinski definition) is 1. The van der Waals surface area contributed by atoms with Gasteiger partial charge in [-0.15, -0.1) is 17.9 Å². The highest BCUT2D eigenvalue weighted by Gasteiger charge is 2.12. The molecule has 2 aromatic rings. The Balaban J connectivity index is 1.98. The van der Waals surface area contributed by atoms with E-state index < -0.39 is 0 Å². The number of nitrogens with one attached hydrogen (secondary N) is 1. The van der Waals surface area contributed by atoms with Gasteiger partial charge in [0, 0.05) is 22.4 Å². The molecule has 0 aliphatic carbocycles. The molecule has 23 heavy (non-hydrogen) atoms. The summed E-state index contributed by atoms with van der Waals surface area (Å²) in [7, 11) is 0. The standard InChI is InChI=1S/C17H18BrClN2OS/c1-3-8-21(10-13-5-7-16(19)23-13)11-17(22)20-15-6-4-12(2)9-14(15)18/h3-7,9H,1,8,10-11H2,2H3,(H,20,22). The van der Waals surface area contributed by atoms with Crippen LogP contribution in [0.25, 0.3) is 0 Å². The number of halogens is 2. The number of carbonyl (C=O) groups excluding carboxylic acids is 1. The Labute approximate surface area is 154 Å². The highest BCUT2D eigenvalue weighted by atomic mass is 79.9. The van der Waals surface area contributed by atoms with Gasteiger partial charge in [-0.25, -0.2) is 0 Å². The molecule has 1 aromatic heterocycles. The SMILES string of the molecule is C=CCN(CC(=O)Nc1ccc(C)cc1Br)Cc1ccc(Cl)s1. The molecule has 6 heteroatoms. The van der Waals surface area contributed by atoms with Gasteiger partial charge in [0.15, 0.2) is 0 Å². The molecule has 0 aliphatic rings. The Morgan fingerprint density at radius 1 is 1.43 bits per heavy atom. The van der Waals surface area contributed by atoms with Gasteiger partial charge in [-0.3, -0.25) is 9.69 Å². The number of amides is 1. The maximum Gasteiger partial charge on any atom is 0.238 e. The highest BCUT2D eigenvalue weighted by Crippen LogP contribution is 2.24. The number of carbonyl (C=O) groups is 1. The summed E-state index contributed by atoms with van der Waals surface area (Å²) in [6, 6.07) is 9.70. The molecule has 0 atom stereocenters. The van der Waals surface area contributed by atoms with Crippen LogP contribution in [0.15, 0.2) is 47.5 Å². The Hall–Kier alpha value is -1.14. The molecular formula is C17H18BrClN2OS. The van der Waals surface area contributed by atoms with Crippen LogP contribution in [0.4, 0.5) is 5.69 Å². The van der Waals surface area contributed by atoms with Gasteiger partial charge in [0.1, 0.15) is 0 Å². The molecule has 0 bridgehead atoms. The first-order valence-corrected chi connectivity index (χ1v) is 9.10. The summed E-state index contributed by atoms with van der Waals surface area (Å²) >= 11 is 11.0. The molecule has 0 radical (unpaired) electrons. The first-order chi connectivity index (χ1) is 11.0. The van der Waals surface area contributed by atoms with Crippen LogP contribution in [-0.4, -0.2) is 23.9 Å². The topological polar surface area (TPSA) is 32.3 Å². The fourth-order valence-corrected chi connectivity index (χ4v) is 3.86. The lowest BCUT2D eigenvalue weighted by Gasteiger charge is -2.19. The van der Waals surface area contributed by atoms with Crippen LogP contribution in [-0.2, 0) is 11.3 Å². The smallest absolute Gasteiger partial charge is 0.238 e. The second-order valence-electron chi connectivity index (χ2n) is 5.20. The van der Waals surface area contributed by atoms with E-state index in [2.05, 4.69) is 27.8 Å². The average Bonchev–Trinajstić information content (AvgIpc) is 2.87. The molecule has 2 rings (SSSR count). The van der Waals surface area contributed by atoms with Crippen LogP contribution < -0.4 is 5.32 Å². The first-order valence-electron chi connectivity index (χ1n) is 7.11. The Kier molecular flexibility index (Phi) is 6.84. The molecule has 0 aliphatic heterocycles. The van der Waals surface area contributed by atoms with E-state index >= 15 is 0 Å². The number of benzene rings is 1. The van der Waals surface area contributed by atoms with Gasteiger partial charge in [-0.2, -0.15) is 0 Å². The van der Waals surface area contributed by atoms with Crippen molar-refractivity contribution in [1.29, 1.82) is 0 Å². The Bertz CT molecular complexity index is 702. The predicted octanol–water partition coefficient (Wildman–Crippen LogP) is 5.10. The zero-order valence-electron chi connectivity index (χ0n) is 12.8. The molecule has 3 nitrogen and oxygen atoms in total. The normalized spacial score (nSPS) is 10.8. The molecule has 0 unspecified atom stereocenters. The zero-order chi connectivity index (χ0) is 16.8. The van der Waals surface area contributed by atoms with Gasteiger partial charge < -0.3 is 5.32 Å².